The van der Waals surface area contributed by atoms with Crippen LogP contribution in [0.25, 0.3) is 0 Å². The van der Waals surface area contributed by atoms with Crippen molar-refractivity contribution in [2.45, 2.75) is 25.8 Å². The van der Waals surface area contributed by atoms with Gasteiger partial charge < -0.3 is 30.3 Å². The van der Waals surface area contributed by atoms with Gasteiger partial charge in [0.15, 0.2) is 5.69 Å². The van der Waals surface area contributed by atoms with Crippen LogP contribution in [-0.4, -0.2) is 70.2 Å². The van der Waals surface area contributed by atoms with Gasteiger partial charge in [-0.15, -0.1) is 5.10 Å². The summed E-state index contributed by atoms with van der Waals surface area (Å²) in [5.74, 6) is -1.48. The molecule has 2 heterocycles. The van der Waals surface area contributed by atoms with Crippen LogP contribution in [0.3, 0.4) is 0 Å². The van der Waals surface area contributed by atoms with Crippen molar-refractivity contribution in [3.05, 3.63) is 102 Å². The van der Waals surface area contributed by atoms with E-state index in [9.17, 15) is 24.3 Å². The number of aliphatic carboxylic acids is 1. The molecule has 1 atom stereocenters. The molecule has 0 aliphatic heterocycles. The molecule has 0 radical (unpaired) electrons. The number of carbonyl (C=O) groups excluding carboxylic acids is 3. The number of hydrogen-bond donors (Lipinski definition) is 3. The van der Waals surface area contributed by atoms with Crippen molar-refractivity contribution in [2.75, 3.05) is 36.7 Å². The molecule has 232 valence electrons. The fourth-order valence-corrected chi connectivity index (χ4v) is 4.51. The lowest BCUT2D eigenvalue weighted by molar-refractivity contribution is -0.138. The van der Waals surface area contributed by atoms with Crippen molar-refractivity contribution in [3.63, 3.8) is 0 Å². The van der Waals surface area contributed by atoms with Crippen LogP contribution in [0.5, 0.6) is 5.75 Å². The molecule has 4 aromatic rings. The molecular weight excluding hydrogens is 578 g/mol. The topological polar surface area (TPSA) is 167 Å². The first-order chi connectivity index (χ1) is 21.6. The summed E-state index contributed by atoms with van der Waals surface area (Å²) in [4.78, 5) is 57.3. The Bertz CT molecular complexity index is 1680. The molecule has 13 heteroatoms. The number of hydrogen-bond acceptors (Lipinski definition) is 8. The summed E-state index contributed by atoms with van der Waals surface area (Å²) in [6.07, 6.45) is 2.52. The number of anilines is 3. The zero-order valence-electron chi connectivity index (χ0n) is 25.2. The molecule has 0 fully saturated rings. The second-order valence-electron chi connectivity index (χ2n) is 10.1. The fraction of sp³-hybridized carbons (Fsp3) is 0.219. The van der Waals surface area contributed by atoms with Crippen molar-refractivity contribution in [2.24, 2.45) is 0 Å². The predicted molar refractivity (Wildman–Crippen MR) is 167 cm³/mol. The Kier molecular flexibility index (Phi) is 10.4. The van der Waals surface area contributed by atoms with Crippen LogP contribution in [0.1, 0.15) is 39.8 Å². The number of urea groups is 1. The Hall–Kier alpha value is -5.85. The van der Waals surface area contributed by atoms with Gasteiger partial charge in [0.25, 0.3) is 5.91 Å². The maximum absolute atomic E-state index is 13.2. The van der Waals surface area contributed by atoms with E-state index in [4.69, 9.17) is 4.74 Å². The number of carbonyl (C=O) groups is 4. The van der Waals surface area contributed by atoms with Gasteiger partial charge in [0.05, 0.1) is 49.3 Å². The van der Waals surface area contributed by atoms with Gasteiger partial charge in [0, 0.05) is 26.0 Å². The van der Waals surface area contributed by atoms with E-state index in [0.29, 0.717) is 34.1 Å². The van der Waals surface area contributed by atoms with Gasteiger partial charge in [-0.1, -0.05) is 24.3 Å². The molecule has 2 aromatic carbocycles. The number of nitrogens with zero attached hydrogens (tertiary/aromatic N) is 5. The third-order valence-electron chi connectivity index (χ3n) is 7.08. The summed E-state index contributed by atoms with van der Waals surface area (Å²) in [7, 11) is 4.54. The number of methoxy groups -OCH3 is 1. The molecule has 45 heavy (non-hydrogen) atoms. The minimum atomic E-state index is -1.11. The molecule has 0 aliphatic rings. The second-order valence-corrected chi connectivity index (χ2v) is 10.1. The van der Waals surface area contributed by atoms with Gasteiger partial charge in [-0.3, -0.25) is 19.4 Å². The highest BCUT2D eigenvalue weighted by molar-refractivity contribution is 6.01. The largest absolute Gasteiger partial charge is 0.495 e. The highest BCUT2D eigenvalue weighted by Gasteiger charge is 2.27. The maximum atomic E-state index is 13.2. The number of aryl methyl sites for hydroxylation is 1. The molecule has 13 nitrogen and oxygen atoms in total. The fourth-order valence-electron chi connectivity index (χ4n) is 4.51. The van der Waals surface area contributed by atoms with Crippen molar-refractivity contribution >= 4 is 40.9 Å². The van der Waals surface area contributed by atoms with E-state index < -0.39 is 23.9 Å². The number of ether oxygens (including phenoxy) is 1. The number of nitrogens with one attached hydrogen (secondary N) is 2. The molecule has 4 rings (SSSR count). The first-order valence-corrected chi connectivity index (χ1v) is 13.9. The summed E-state index contributed by atoms with van der Waals surface area (Å²) >= 11 is 0. The lowest BCUT2D eigenvalue weighted by atomic mass is 10.1. The van der Waals surface area contributed by atoms with Gasteiger partial charge in [-0.2, -0.15) is 5.10 Å². The number of carboxylic acids is 1. The van der Waals surface area contributed by atoms with E-state index in [1.807, 2.05) is 25.1 Å². The van der Waals surface area contributed by atoms with Gasteiger partial charge >= 0.3 is 12.0 Å². The Labute approximate surface area is 259 Å². The number of benzene rings is 2. The summed E-state index contributed by atoms with van der Waals surface area (Å²) in [5.41, 5.74) is 3.57. The van der Waals surface area contributed by atoms with Crippen LogP contribution in [0.15, 0.2) is 79.1 Å². The quantitative estimate of drug-likeness (QED) is 0.224. The van der Waals surface area contributed by atoms with Crippen LogP contribution >= 0.6 is 0 Å². The second kappa shape index (κ2) is 14.6. The predicted octanol–water partition coefficient (Wildman–Crippen LogP) is 4.33. The Morgan fingerprint density at radius 3 is 2.36 bits per heavy atom. The van der Waals surface area contributed by atoms with Crippen LogP contribution in [-0.2, 0) is 16.0 Å². The van der Waals surface area contributed by atoms with Gasteiger partial charge in [-0.25, -0.2) is 4.79 Å². The Balaban J connectivity index is 1.42. The lowest BCUT2D eigenvalue weighted by Gasteiger charge is -2.27. The lowest BCUT2D eigenvalue weighted by Crippen LogP contribution is -2.34. The first-order valence-electron chi connectivity index (χ1n) is 13.9. The number of aromatic nitrogens is 3. The van der Waals surface area contributed by atoms with E-state index in [-0.39, 0.29) is 24.4 Å². The summed E-state index contributed by atoms with van der Waals surface area (Å²) in [6.45, 7) is 1.89. The average molecular weight is 612 g/mol. The molecule has 0 saturated heterocycles. The third kappa shape index (κ3) is 8.16. The normalized spacial score (nSPS) is 11.2. The number of amides is 4. The Morgan fingerprint density at radius 1 is 0.956 bits per heavy atom. The smallest absolute Gasteiger partial charge is 0.323 e. The van der Waals surface area contributed by atoms with Crippen LogP contribution < -0.4 is 20.3 Å². The molecule has 0 bridgehead atoms. The SMILES string of the molecule is COc1cc(CC(=O)N(C)c2ccc(C(CC(=O)O)N(C)C(=O)c3cccnn3)nc2)ccc1NC(=O)Nc1ccccc1C. The van der Waals surface area contributed by atoms with Gasteiger partial charge in [0.1, 0.15) is 5.75 Å². The molecule has 4 amide bonds. The maximum Gasteiger partial charge on any atom is 0.323 e. The summed E-state index contributed by atoms with van der Waals surface area (Å²) < 4.78 is 5.46. The van der Waals surface area contributed by atoms with Gasteiger partial charge in [-0.05, 0) is 60.5 Å². The monoisotopic (exact) mass is 611 g/mol. The highest BCUT2D eigenvalue weighted by atomic mass is 16.5. The van der Waals surface area contributed by atoms with Crippen molar-refractivity contribution in [1.29, 1.82) is 0 Å². The molecule has 0 aliphatic carbocycles. The third-order valence-corrected chi connectivity index (χ3v) is 7.08. The number of para-hydroxylation sites is 1. The van der Waals surface area contributed by atoms with E-state index >= 15 is 0 Å². The molecule has 0 spiro atoms. The molecule has 1 unspecified atom stereocenters. The zero-order chi connectivity index (χ0) is 32.5. The van der Waals surface area contributed by atoms with E-state index in [1.54, 1.807) is 49.5 Å². The molecule has 2 aromatic heterocycles. The molecule has 0 saturated carbocycles. The van der Waals surface area contributed by atoms with Crippen molar-refractivity contribution < 1.29 is 29.0 Å². The molecular formula is C32H33N7O6. The first kappa shape index (κ1) is 32.1. The number of rotatable bonds is 11. The minimum absolute atomic E-state index is 0.0291. The molecule has 3 N–H and O–H groups in total. The van der Waals surface area contributed by atoms with E-state index in [2.05, 4.69) is 25.8 Å². The van der Waals surface area contributed by atoms with Crippen molar-refractivity contribution in [1.82, 2.24) is 20.1 Å². The summed E-state index contributed by atoms with van der Waals surface area (Å²) in [6, 6.07) is 17.4. The highest BCUT2D eigenvalue weighted by Crippen LogP contribution is 2.28. The van der Waals surface area contributed by atoms with Gasteiger partial charge in [0.2, 0.25) is 5.91 Å². The number of carboxylic acid groups (broad SMARTS) is 1. The van der Waals surface area contributed by atoms with Crippen LogP contribution in [0, 0.1) is 6.92 Å². The minimum Gasteiger partial charge on any atom is -0.495 e. The van der Waals surface area contributed by atoms with Crippen LogP contribution in [0.2, 0.25) is 0 Å². The summed E-state index contributed by atoms with van der Waals surface area (Å²) in [5, 5.41) is 22.6. The number of pyridine rings is 1. The van der Waals surface area contributed by atoms with Crippen molar-refractivity contribution in [3.8, 4) is 5.75 Å². The zero-order valence-corrected chi connectivity index (χ0v) is 25.2. The number of likely N-dealkylation sites (N-methyl/N-ethyl adjacent to an activating group) is 1. The van der Waals surface area contributed by atoms with E-state index in [0.717, 1.165) is 5.56 Å². The van der Waals surface area contributed by atoms with E-state index in [1.165, 1.54) is 42.4 Å². The average Bonchev–Trinajstić information content (AvgIpc) is 3.04. The standard InChI is InChI=1S/C32H33N7O6/c1-20-8-5-6-9-23(20)35-32(44)36-25-13-11-21(16-28(25)45-4)17-29(40)38(2)22-12-14-24(33-19-22)27(18-30(41)42)39(3)31(43)26-10-7-15-34-37-26/h5-16,19,27H,17-18H2,1-4H3,(H,41,42)(H2,35,36,44). The Morgan fingerprint density at radius 2 is 1.71 bits per heavy atom. The van der Waals surface area contributed by atoms with Crippen LogP contribution in [0.4, 0.5) is 21.9 Å².